The van der Waals surface area contributed by atoms with Gasteiger partial charge < -0.3 is 10.5 Å². The topological polar surface area (TPSA) is 70.1 Å². The molecule has 0 unspecified atom stereocenters. The Morgan fingerprint density at radius 3 is 2.62 bits per heavy atom. The number of nitrogens with zero attached hydrogens (tertiary/aromatic N) is 2. The van der Waals surface area contributed by atoms with Crippen molar-refractivity contribution >= 4 is 11.7 Å². The molecule has 0 atom stereocenters. The number of carbonyl (C=O) groups excluding carboxylic acids is 1. The zero-order chi connectivity index (χ0) is 12.3. The molecule has 0 amide bonds. The molecule has 0 radical (unpaired) electrons. The Morgan fingerprint density at radius 2 is 2.19 bits per heavy atom. The van der Waals surface area contributed by atoms with E-state index in [-0.39, 0.29) is 5.97 Å². The van der Waals surface area contributed by atoms with Crippen molar-refractivity contribution in [2.24, 2.45) is 7.05 Å². The average Bonchev–Trinajstić information content (AvgIpc) is 2.38. The first kappa shape index (κ1) is 12.5. The normalized spacial score (nSPS) is 11.5. The number of hydrogen-bond acceptors (Lipinski definition) is 4. The summed E-state index contributed by atoms with van der Waals surface area (Å²) in [5.41, 5.74) is 6.64. The molecule has 0 aliphatic heterocycles. The zero-order valence-electron chi connectivity index (χ0n) is 10.3. The van der Waals surface area contributed by atoms with Crippen LogP contribution >= 0.6 is 0 Å². The molecule has 0 aliphatic rings. The minimum atomic E-state index is -0.438. The van der Waals surface area contributed by atoms with Gasteiger partial charge in [-0.05, 0) is 20.8 Å². The maximum atomic E-state index is 11.5. The standard InChI is InChI=1S/C11H19N3O2/c1-11(2,3)16-10(15)6-5-9-8(12)7-14(4)13-9/h7H,5-6,12H2,1-4H3. The van der Waals surface area contributed by atoms with Gasteiger partial charge in [-0.2, -0.15) is 5.10 Å². The number of rotatable bonds is 3. The summed E-state index contributed by atoms with van der Waals surface area (Å²) >= 11 is 0. The highest BCUT2D eigenvalue weighted by Gasteiger charge is 2.16. The molecule has 0 saturated heterocycles. The number of hydrogen-bond donors (Lipinski definition) is 1. The van der Waals surface area contributed by atoms with Gasteiger partial charge in [-0.1, -0.05) is 0 Å². The molecule has 0 fully saturated rings. The van der Waals surface area contributed by atoms with E-state index in [9.17, 15) is 4.79 Å². The molecule has 1 heterocycles. The van der Waals surface area contributed by atoms with Crippen molar-refractivity contribution < 1.29 is 9.53 Å². The lowest BCUT2D eigenvalue weighted by Crippen LogP contribution is -2.24. The first-order valence-electron chi connectivity index (χ1n) is 5.28. The molecule has 0 saturated carbocycles. The first-order chi connectivity index (χ1) is 7.28. The number of carbonyl (C=O) groups is 1. The molecule has 0 aromatic carbocycles. The molecule has 1 aromatic heterocycles. The molecule has 16 heavy (non-hydrogen) atoms. The second-order valence-corrected chi connectivity index (χ2v) is 4.79. The van der Waals surface area contributed by atoms with Crippen molar-refractivity contribution in [1.29, 1.82) is 0 Å². The molecule has 2 N–H and O–H groups in total. The van der Waals surface area contributed by atoms with E-state index < -0.39 is 5.60 Å². The average molecular weight is 225 g/mol. The van der Waals surface area contributed by atoms with Crippen molar-refractivity contribution in [2.45, 2.75) is 39.2 Å². The molecule has 5 nitrogen and oxygen atoms in total. The third kappa shape index (κ3) is 3.92. The lowest BCUT2D eigenvalue weighted by Gasteiger charge is -2.19. The molecule has 1 rings (SSSR count). The first-order valence-corrected chi connectivity index (χ1v) is 5.28. The summed E-state index contributed by atoms with van der Waals surface area (Å²) in [6.45, 7) is 5.54. The van der Waals surface area contributed by atoms with Crippen LogP contribution in [0.25, 0.3) is 0 Å². The van der Waals surface area contributed by atoms with E-state index in [4.69, 9.17) is 10.5 Å². The molecule has 0 spiro atoms. The van der Waals surface area contributed by atoms with Crippen molar-refractivity contribution in [3.8, 4) is 0 Å². The summed E-state index contributed by atoms with van der Waals surface area (Å²) in [6.07, 6.45) is 2.55. The van der Waals surface area contributed by atoms with Gasteiger partial charge in [-0.25, -0.2) is 0 Å². The summed E-state index contributed by atoms with van der Waals surface area (Å²) in [4.78, 5) is 11.5. The monoisotopic (exact) mass is 225 g/mol. The van der Waals surface area contributed by atoms with Crippen molar-refractivity contribution in [3.63, 3.8) is 0 Å². The predicted molar refractivity (Wildman–Crippen MR) is 61.8 cm³/mol. The quantitative estimate of drug-likeness (QED) is 0.787. The van der Waals surface area contributed by atoms with Crippen LogP contribution in [-0.4, -0.2) is 21.4 Å². The van der Waals surface area contributed by atoms with Gasteiger partial charge >= 0.3 is 5.97 Å². The van der Waals surface area contributed by atoms with Gasteiger partial charge in [0, 0.05) is 19.7 Å². The van der Waals surface area contributed by atoms with Gasteiger partial charge in [0.25, 0.3) is 0 Å². The van der Waals surface area contributed by atoms with Crippen LogP contribution in [0.5, 0.6) is 0 Å². The third-order valence-electron chi connectivity index (χ3n) is 1.92. The summed E-state index contributed by atoms with van der Waals surface area (Å²) in [5.74, 6) is -0.224. The number of ether oxygens (including phenoxy) is 1. The van der Waals surface area contributed by atoms with Crippen molar-refractivity contribution in [3.05, 3.63) is 11.9 Å². The lowest BCUT2D eigenvalue weighted by molar-refractivity contribution is -0.154. The van der Waals surface area contributed by atoms with Gasteiger partial charge in [0.15, 0.2) is 0 Å². The molecule has 1 aromatic rings. The van der Waals surface area contributed by atoms with Crippen LogP contribution in [0.3, 0.4) is 0 Å². The van der Waals surface area contributed by atoms with Gasteiger partial charge in [0.2, 0.25) is 0 Å². The largest absolute Gasteiger partial charge is 0.460 e. The fraction of sp³-hybridized carbons (Fsp3) is 0.636. The van der Waals surface area contributed by atoms with Crippen LogP contribution in [0.2, 0.25) is 0 Å². The minimum absolute atomic E-state index is 0.224. The molecule has 0 bridgehead atoms. The minimum Gasteiger partial charge on any atom is -0.460 e. The summed E-state index contributed by atoms with van der Waals surface area (Å²) < 4.78 is 6.83. The van der Waals surface area contributed by atoms with Crippen LogP contribution in [0.1, 0.15) is 32.9 Å². The van der Waals surface area contributed by atoms with E-state index in [2.05, 4.69) is 5.10 Å². The van der Waals surface area contributed by atoms with E-state index in [0.29, 0.717) is 18.5 Å². The van der Waals surface area contributed by atoms with Gasteiger partial charge in [-0.3, -0.25) is 9.48 Å². The van der Waals surface area contributed by atoms with E-state index in [1.54, 1.807) is 17.9 Å². The highest BCUT2D eigenvalue weighted by Crippen LogP contribution is 2.13. The van der Waals surface area contributed by atoms with E-state index in [0.717, 1.165) is 5.69 Å². The number of aromatic nitrogens is 2. The van der Waals surface area contributed by atoms with Crippen molar-refractivity contribution in [2.75, 3.05) is 5.73 Å². The Morgan fingerprint density at radius 1 is 1.56 bits per heavy atom. The Kier molecular flexibility index (Phi) is 3.57. The molecule has 90 valence electrons. The fourth-order valence-electron chi connectivity index (χ4n) is 1.36. The molecular weight excluding hydrogens is 206 g/mol. The maximum absolute atomic E-state index is 11.5. The summed E-state index contributed by atoms with van der Waals surface area (Å²) in [7, 11) is 1.80. The SMILES string of the molecule is Cn1cc(N)c(CCC(=O)OC(C)(C)C)n1. The summed E-state index contributed by atoms with van der Waals surface area (Å²) in [6, 6.07) is 0. The van der Waals surface area contributed by atoms with E-state index in [1.165, 1.54) is 0 Å². The molecular formula is C11H19N3O2. The zero-order valence-corrected chi connectivity index (χ0v) is 10.3. The Hall–Kier alpha value is -1.52. The van der Waals surface area contributed by atoms with E-state index in [1.807, 2.05) is 20.8 Å². The maximum Gasteiger partial charge on any atom is 0.306 e. The Labute approximate surface area is 95.6 Å². The van der Waals surface area contributed by atoms with Crippen LogP contribution in [-0.2, 0) is 23.0 Å². The van der Waals surface area contributed by atoms with Crippen LogP contribution < -0.4 is 5.73 Å². The van der Waals surface area contributed by atoms with Crippen LogP contribution in [0.4, 0.5) is 5.69 Å². The van der Waals surface area contributed by atoms with Gasteiger partial charge in [-0.15, -0.1) is 0 Å². The second kappa shape index (κ2) is 4.55. The number of nitrogen functional groups attached to an aromatic ring is 1. The Balaban J connectivity index is 2.46. The molecule has 0 aliphatic carbocycles. The van der Waals surface area contributed by atoms with Crippen LogP contribution in [0.15, 0.2) is 6.20 Å². The predicted octanol–water partition coefficient (Wildman–Crippen LogP) is 1.28. The summed E-state index contributed by atoms with van der Waals surface area (Å²) in [5, 5.41) is 4.16. The van der Waals surface area contributed by atoms with E-state index >= 15 is 0 Å². The highest BCUT2D eigenvalue weighted by atomic mass is 16.6. The Bertz CT molecular complexity index is 377. The van der Waals surface area contributed by atoms with Crippen molar-refractivity contribution in [1.82, 2.24) is 9.78 Å². The number of esters is 1. The number of anilines is 1. The lowest BCUT2D eigenvalue weighted by atomic mass is 10.2. The van der Waals surface area contributed by atoms with Gasteiger partial charge in [0.1, 0.15) is 5.60 Å². The van der Waals surface area contributed by atoms with Crippen LogP contribution in [0, 0.1) is 0 Å². The van der Waals surface area contributed by atoms with Gasteiger partial charge in [0.05, 0.1) is 17.8 Å². The highest BCUT2D eigenvalue weighted by molar-refractivity contribution is 5.70. The number of aryl methyl sites for hydroxylation is 2. The fourth-order valence-corrected chi connectivity index (χ4v) is 1.36. The third-order valence-corrected chi connectivity index (χ3v) is 1.92. The number of nitrogens with two attached hydrogens (primary N) is 1. The molecule has 5 heteroatoms. The smallest absolute Gasteiger partial charge is 0.306 e. The second-order valence-electron chi connectivity index (χ2n) is 4.79.